The zero-order chi connectivity index (χ0) is 26.1. The molecule has 0 bridgehead atoms. The minimum absolute atomic E-state index is 0.0144. The number of carbonyl (C=O) groups is 1. The van der Waals surface area contributed by atoms with Crippen molar-refractivity contribution in [1.82, 2.24) is 9.36 Å². The Bertz CT molecular complexity index is 1380. The van der Waals surface area contributed by atoms with E-state index in [-0.39, 0.29) is 15.9 Å². The van der Waals surface area contributed by atoms with E-state index in [0.717, 1.165) is 11.5 Å². The molecular formula is C24H24N4O6S2. The van der Waals surface area contributed by atoms with Crippen molar-refractivity contribution < 1.29 is 27.4 Å². The molecule has 36 heavy (non-hydrogen) atoms. The highest BCUT2D eigenvalue weighted by Gasteiger charge is 2.25. The molecule has 1 N–H and O–H groups in total. The van der Waals surface area contributed by atoms with Crippen LogP contribution in [0.5, 0.6) is 17.2 Å². The Hall–Kier alpha value is -3.95. The molecule has 0 aliphatic rings. The Balaban J connectivity index is 1.56. The van der Waals surface area contributed by atoms with Gasteiger partial charge in [0.25, 0.3) is 11.1 Å². The number of amides is 1. The van der Waals surface area contributed by atoms with Crippen molar-refractivity contribution in [2.24, 2.45) is 0 Å². The molecule has 0 aliphatic carbocycles. The Kier molecular flexibility index (Phi) is 8.99. The average molecular weight is 529 g/mol. The second-order valence-corrected chi connectivity index (χ2v) is 10.7. The quantitative estimate of drug-likeness (QED) is 0.224. The summed E-state index contributed by atoms with van der Waals surface area (Å²) < 4.78 is 44.7. The SMILES string of the molecule is COc1ccccc1OCCOc1ccc(C=C(C#N)C(=O)Nc2nc(S(=O)(=O)C(C)C)ns2)cc1. The maximum atomic E-state index is 12.5. The van der Waals surface area contributed by atoms with Crippen LogP contribution in [0, 0.1) is 11.3 Å². The first-order valence-corrected chi connectivity index (χ1v) is 13.1. The fourth-order valence-corrected chi connectivity index (χ4v) is 4.47. The molecule has 1 heterocycles. The molecule has 12 heteroatoms. The summed E-state index contributed by atoms with van der Waals surface area (Å²) in [6, 6.07) is 15.9. The number of hydrogen-bond acceptors (Lipinski definition) is 10. The van der Waals surface area contributed by atoms with Gasteiger partial charge in [0, 0.05) is 11.5 Å². The van der Waals surface area contributed by atoms with Crippen LogP contribution in [-0.2, 0) is 14.6 Å². The number of para-hydroxylation sites is 2. The number of nitrogens with one attached hydrogen (secondary N) is 1. The number of nitrogens with zero attached hydrogens (tertiary/aromatic N) is 3. The highest BCUT2D eigenvalue weighted by atomic mass is 32.2. The molecule has 0 spiro atoms. The monoisotopic (exact) mass is 528 g/mol. The number of aromatic nitrogens is 2. The van der Waals surface area contributed by atoms with E-state index in [1.807, 2.05) is 18.2 Å². The lowest BCUT2D eigenvalue weighted by Gasteiger charge is -2.11. The first-order chi connectivity index (χ1) is 17.2. The average Bonchev–Trinajstić information content (AvgIpc) is 3.35. The number of methoxy groups -OCH3 is 1. The molecule has 0 saturated carbocycles. The maximum absolute atomic E-state index is 12.5. The lowest BCUT2D eigenvalue weighted by atomic mass is 10.1. The number of ether oxygens (including phenoxy) is 3. The van der Waals surface area contributed by atoms with E-state index in [2.05, 4.69) is 14.7 Å². The highest BCUT2D eigenvalue weighted by molar-refractivity contribution is 7.91. The summed E-state index contributed by atoms with van der Waals surface area (Å²) in [7, 11) is -2.09. The summed E-state index contributed by atoms with van der Waals surface area (Å²) in [6.45, 7) is 3.64. The van der Waals surface area contributed by atoms with E-state index in [0.29, 0.717) is 36.0 Å². The van der Waals surface area contributed by atoms with Gasteiger partial charge in [-0.2, -0.15) is 14.6 Å². The van der Waals surface area contributed by atoms with E-state index in [9.17, 15) is 18.5 Å². The van der Waals surface area contributed by atoms with E-state index in [1.54, 1.807) is 43.5 Å². The van der Waals surface area contributed by atoms with Gasteiger partial charge in [-0.1, -0.05) is 24.3 Å². The van der Waals surface area contributed by atoms with Gasteiger partial charge in [-0.25, -0.2) is 8.42 Å². The highest BCUT2D eigenvalue weighted by Crippen LogP contribution is 2.25. The van der Waals surface area contributed by atoms with Crippen LogP contribution in [0.15, 0.2) is 59.3 Å². The predicted molar refractivity (Wildman–Crippen MR) is 135 cm³/mol. The Morgan fingerprint density at radius 2 is 1.78 bits per heavy atom. The lowest BCUT2D eigenvalue weighted by molar-refractivity contribution is -0.112. The van der Waals surface area contributed by atoms with Crippen LogP contribution < -0.4 is 19.5 Å². The van der Waals surface area contributed by atoms with Gasteiger partial charge in [0.1, 0.15) is 30.6 Å². The molecule has 1 amide bonds. The molecule has 0 unspecified atom stereocenters. The van der Waals surface area contributed by atoms with Crippen molar-refractivity contribution in [2.45, 2.75) is 24.3 Å². The fraction of sp³-hybridized carbons (Fsp3) is 0.250. The summed E-state index contributed by atoms with van der Waals surface area (Å²) in [6.07, 6.45) is 1.40. The molecule has 0 radical (unpaired) electrons. The summed E-state index contributed by atoms with van der Waals surface area (Å²) in [5, 5.41) is 10.8. The standard InChI is InChI=1S/C24H24N4O6S2/c1-16(2)36(30,31)24-27-23(35-28-24)26-22(29)18(15-25)14-17-8-10-19(11-9-17)33-12-13-34-21-7-5-4-6-20(21)32-3/h4-11,14,16H,12-13H2,1-3H3,(H,26,27,28,29). The van der Waals surface area contributed by atoms with Crippen LogP contribution in [-0.4, -0.2) is 49.3 Å². The first kappa shape index (κ1) is 26.7. The molecule has 0 atom stereocenters. The van der Waals surface area contributed by atoms with Crippen molar-refractivity contribution in [3.05, 3.63) is 59.7 Å². The van der Waals surface area contributed by atoms with Crippen molar-refractivity contribution in [1.29, 1.82) is 5.26 Å². The maximum Gasteiger partial charge on any atom is 0.268 e. The number of nitriles is 1. The number of hydrogen-bond donors (Lipinski definition) is 1. The molecule has 3 rings (SSSR count). The molecule has 10 nitrogen and oxygen atoms in total. The van der Waals surface area contributed by atoms with Gasteiger partial charge in [0.15, 0.2) is 11.5 Å². The summed E-state index contributed by atoms with van der Waals surface area (Å²) in [4.78, 5) is 16.3. The van der Waals surface area contributed by atoms with Crippen LogP contribution >= 0.6 is 11.5 Å². The number of anilines is 1. The lowest BCUT2D eigenvalue weighted by Crippen LogP contribution is -2.16. The first-order valence-electron chi connectivity index (χ1n) is 10.7. The van der Waals surface area contributed by atoms with Crippen LogP contribution in [0.2, 0.25) is 0 Å². The summed E-state index contributed by atoms with van der Waals surface area (Å²) in [5.74, 6) is 1.12. The molecule has 188 valence electrons. The zero-order valence-electron chi connectivity index (χ0n) is 19.8. The number of sulfone groups is 1. The van der Waals surface area contributed by atoms with E-state index >= 15 is 0 Å². The van der Waals surface area contributed by atoms with Gasteiger partial charge in [0.2, 0.25) is 15.0 Å². The van der Waals surface area contributed by atoms with Gasteiger partial charge >= 0.3 is 0 Å². The van der Waals surface area contributed by atoms with Gasteiger partial charge in [-0.05, 0) is 49.8 Å². The van der Waals surface area contributed by atoms with Crippen molar-refractivity contribution in [3.63, 3.8) is 0 Å². The molecule has 1 aromatic heterocycles. The third-order valence-corrected chi connectivity index (χ3v) is 7.42. The van der Waals surface area contributed by atoms with Crippen molar-refractivity contribution >= 4 is 38.5 Å². The molecule has 3 aromatic rings. The third-order valence-electron chi connectivity index (χ3n) is 4.74. The third kappa shape index (κ3) is 6.80. The fourth-order valence-electron chi connectivity index (χ4n) is 2.78. The second-order valence-electron chi connectivity index (χ2n) is 7.52. The molecule has 0 saturated heterocycles. The van der Waals surface area contributed by atoms with Crippen LogP contribution in [0.4, 0.5) is 5.13 Å². The van der Waals surface area contributed by atoms with Gasteiger partial charge < -0.3 is 14.2 Å². The van der Waals surface area contributed by atoms with Gasteiger partial charge in [-0.3, -0.25) is 10.1 Å². The smallest absolute Gasteiger partial charge is 0.268 e. The van der Waals surface area contributed by atoms with Gasteiger partial charge in [0.05, 0.1) is 12.4 Å². The Labute approximate surface area is 213 Å². The molecule has 0 aliphatic heterocycles. The number of benzene rings is 2. The topological polar surface area (TPSA) is 140 Å². The molecular weight excluding hydrogens is 504 g/mol. The zero-order valence-corrected chi connectivity index (χ0v) is 21.4. The van der Waals surface area contributed by atoms with Crippen LogP contribution in [0.3, 0.4) is 0 Å². The number of carbonyl (C=O) groups excluding carboxylic acids is 1. The van der Waals surface area contributed by atoms with Crippen molar-refractivity contribution in [3.8, 4) is 23.3 Å². The minimum atomic E-state index is -3.66. The van der Waals surface area contributed by atoms with E-state index < -0.39 is 21.0 Å². The van der Waals surface area contributed by atoms with Crippen LogP contribution in [0.25, 0.3) is 6.08 Å². The van der Waals surface area contributed by atoms with Crippen LogP contribution in [0.1, 0.15) is 19.4 Å². The summed E-state index contributed by atoms with van der Waals surface area (Å²) >= 11 is 0.726. The van der Waals surface area contributed by atoms with Crippen molar-refractivity contribution in [2.75, 3.05) is 25.6 Å². The Morgan fingerprint density at radius 1 is 1.11 bits per heavy atom. The van der Waals surface area contributed by atoms with Gasteiger partial charge in [-0.15, -0.1) is 0 Å². The Morgan fingerprint density at radius 3 is 2.42 bits per heavy atom. The predicted octanol–water partition coefficient (Wildman–Crippen LogP) is 3.73. The molecule has 0 fully saturated rings. The largest absolute Gasteiger partial charge is 0.493 e. The normalized spacial score (nSPS) is 11.6. The van der Waals surface area contributed by atoms with E-state index in [1.165, 1.54) is 19.9 Å². The summed E-state index contributed by atoms with van der Waals surface area (Å²) in [5.41, 5.74) is 0.414. The number of rotatable bonds is 11. The van der Waals surface area contributed by atoms with E-state index in [4.69, 9.17) is 14.2 Å². The molecule has 2 aromatic carbocycles. The minimum Gasteiger partial charge on any atom is -0.493 e. The second kappa shape index (κ2) is 12.1.